The molecule has 0 radical (unpaired) electrons. The van der Waals surface area contributed by atoms with Crippen molar-refractivity contribution in [2.24, 2.45) is 0 Å². The first-order valence-corrected chi connectivity index (χ1v) is 8.17. The summed E-state index contributed by atoms with van der Waals surface area (Å²) in [5, 5.41) is 2.48. The maximum absolute atomic E-state index is 13.7. The van der Waals surface area contributed by atoms with Gasteiger partial charge in [0, 0.05) is 24.1 Å². The number of halogens is 4. The summed E-state index contributed by atoms with van der Waals surface area (Å²) in [4.78, 5) is 30.2. The molecule has 0 spiro atoms. The van der Waals surface area contributed by atoms with Crippen molar-refractivity contribution in [3.63, 3.8) is 0 Å². The number of fused-ring (bicyclic) bond motifs is 1. The van der Waals surface area contributed by atoms with Gasteiger partial charge in [0.1, 0.15) is 0 Å². The number of nitrogens with one attached hydrogen (secondary N) is 2. The van der Waals surface area contributed by atoms with Gasteiger partial charge in [-0.1, -0.05) is 23.7 Å². The smallest absolute Gasteiger partial charge is 0.341 e. The van der Waals surface area contributed by atoms with Crippen molar-refractivity contribution in [3.8, 4) is 11.3 Å². The SMILES string of the molecule is CC(=O)N[C@H](c1cc2cccc(Cl)c2nc1-c1ccc[nH]c1=O)C(F)(F)F. The Kier molecular flexibility index (Phi) is 4.93. The average Bonchev–Trinajstić information content (AvgIpc) is 2.59. The fraction of sp³-hybridized carbons (Fsp3) is 0.167. The molecule has 2 heterocycles. The molecule has 0 bridgehead atoms. The molecule has 1 amide bonds. The van der Waals surface area contributed by atoms with E-state index in [4.69, 9.17) is 11.6 Å². The number of rotatable bonds is 3. The summed E-state index contributed by atoms with van der Waals surface area (Å²) >= 11 is 6.12. The Hall–Kier alpha value is -2.87. The van der Waals surface area contributed by atoms with E-state index in [-0.39, 0.29) is 27.4 Å². The number of H-pyrrole nitrogens is 1. The van der Waals surface area contributed by atoms with Gasteiger partial charge in [-0.15, -0.1) is 0 Å². The van der Waals surface area contributed by atoms with Crippen molar-refractivity contribution in [2.45, 2.75) is 19.1 Å². The summed E-state index contributed by atoms with van der Waals surface area (Å²) in [7, 11) is 0. The van der Waals surface area contributed by atoms with E-state index in [9.17, 15) is 22.8 Å². The van der Waals surface area contributed by atoms with E-state index in [1.165, 1.54) is 24.4 Å². The lowest BCUT2D eigenvalue weighted by atomic mass is 9.97. The molecule has 2 N–H and O–H groups in total. The molecule has 9 heteroatoms. The number of hydrogen-bond acceptors (Lipinski definition) is 3. The number of para-hydroxylation sites is 1. The number of nitrogens with zero attached hydrogens (tertiary/aromatic N) is 1. The van der Waals surface area contributed by atoms with Crippen molar-refractivity contribution in [1.82, 2.24) is 15.3 Å². The van der Waals surface area contributed by atoms with Crippen LogP contribution >= 0.6 is 11.6 Å². The van der Waals surface area contributed by atoms with Gasteiger partial charge in [-0.05, 0) is 24.3 Å². The minimum absolute atomic E-state index is 0.0612. The standard InChI is InChI=1S/C18H13ClF3N3O2/c1-9(26)24-16(18(20,21)22)12-8-10-4-2-6-13(19)14(10)25-15(12)11-5-3-7-23-17(11)27/h2-8,16H,1H3,(H,23,27)(H,24,26)/t16-/m1/s1. The molecule has 1 aromatic carbocycles. The van der Waals surface area contributed by atoms with Crippen LogP contribution in [-0.4, -0.2) is 22.1 Å². The second kappa shape index (κ2) is 7.03. The molecule has 0 saturated carbocycles. The van der Waals surface area contributed by atoms with Gasteiger partial charge in [0.25, 0.3) is 5.56 Å². The van der Waals surface area contributed by atoms with E-state index >= 15 is 0 Å². The van der Waals surface area contributed by atoms with Crippen LogP contribution in [0.5, 0.6) is 0 Å². The van der Waals surface area contributed by atoms with E-state index in [2.05, 4.69) is 9.97 Å². The summed E-state index contributed by atoms with van der Waals surface area (Å²) in [6, 6.07) is 6.41. The lowest BCUT2D eigenvalue weighted by molar-refractivity contribution is -0.162. The Labute approximate surface area is 156 Å². The van der Waals surface area contributed by atoms with E-state index in [0.29, 0.717) is 5.39 Å². The molecule has 0 saturated heterocycles. The van der Waals surface area contributed by atoms with Crippen LogP contribution in [0.1, 0.15) is 18.5 Å². The summed E-state index contributed by atoms with van der Waals surface area (Å²) in [5.74, 6) is -0.864. The molecule has 3 aromatic rings. The fourth-order valence-electron chi connectivity index (χ4n) is 2.76. The molecule has 140 valence electrons. The highest BCUT2D eigenvalue weighted by Gasteiger charge is 2.43. The zero-order valence-corrected chi connectivity index (χ0v) is 14.7. The Bertz CT molecular complexity index is 1080. The Morgan fingerprint density at radius 3 is 2.63 bits per heavy atom. The largest absolute Gasteiger partial charge is 0.412 e. The normalized spacial score (nSPS) is 12.8. The summed E-state index contributed by atoms with van der Waals surface area (Å²) in [5.41, 5.74) is -0.960. The first kappa shape index (κ1) is 18.9. The average molecular weight is 396 g/mol. The lowest BCUT2D eigenvalue weighted by Gasteiger charge is -2.24. The van der Waals surface area contributed by atoms with Crippen molar-refractivity contribution in [3.05, 3.63) is 63.5 Å². The zero-order chi connectivity index (χ0) is 19.8. The number of pyridine rings is 2. The first-order chi connectivity index (χ1) is 12.7. The Balaban J connectivity index is 2.39. The van der Waals surface area contributed by atoms with E-state index in [0.717, 1.165) is 6.92 Å². The highest BCUT2D eigenvalue weighted by Crippen LogP contribution is 2.38. The molecule has 0 unspecified atom stereocenters. The molecule has 27 heavy (non-hydrogen) atoms. The molecule has 0 aliphatic heterocycles. The van der Waals surface area contributed by atoms with Crippen LogP contribution in [-0.2, 0) is 4.79 Å². The van der Waals surface area contributed by atoms with E-state index < -0.39 is 23.7 Å². The molecule has 0 aliphatic carbocycles. The quantitative estimate of drug-likeness (QED) is 0.704. The van der Waals surface area contributed by atoms with Crippen LogP contribution < -0.4 is 10.9 Å². The highest BCUT2D eigenvalue weighted by atomic mass is 35.5. The van der Waals surface area contributed by atoms with E-state index in [1.54, 1.807) is 18.2 Å². The maximum Gasteiger partial charge on any atom is 0.412 e. The van der Waals surface area contributed by atoms with Crippen LogP contribution in [0.2, 0.25) is 5.02 Å². The molecule has 5 nitrogen and oxygen atoms in total. The fourth-order valence-corrected chi connectivity index (χ4v) is 2.99. The number of aromatic amines is 1. The second-order valence-electron chi connectivity index (χ2n) is 5.83. The molecule has 0 aliphatic rings. The number of carbonyl (C=O) groups is 1. The number of amides is 1. The van der Waals surface area contributed by atoms with Crippen molar-refractivity contribution in [2.75, 3.05) is 0 Å². The predicted octanol–water partition coefficient (Wildman–Crippen LogP) is 3.98. The number of aromatic nitrogens is 2. The van der Waals surface area contributed by atoms with Crippen molar-refractivity contribution in [1.29, 1.82) is 0 Å². The third-order valence-electron chi connectivity index (χ3n) is 3.89. The topological polar surface area (TPSA) is 74.8 Å². The van der Waals surface area contributed by atoms with Crippen molar-refractivity contribution >= 4 is 28.4 Å². The molecule has 3 rings (SSSR count). The van der Waals surface area contributed by atoms with Crippen LogP contribution in [0.25, 0.3) is 22.2 Å². The number of benzene rings is 1. The molecule has 1 atom stereocenters. The second-order valence-corrected chi connectivity index (χ2v) is 6.23. The van der Waals surface area contributed by atoms with Gasteiger partial charge >= 0.3 is 6.18 Å². The Morgan fingerprint density at radius 1 is 1.26 bits per heavy atom. The molecular weight excluding hydrogens is 383 g/mol. The third kappa shape index (κ3) is 3.80. The van der Waals surface area contributed by atoms with Crippen LogP contribution in [0.4, 0.5) is 13.2 Å². The molecular formula is C18H13ClF3N3O2. The van der Waals surface area contributed by atoms with Gasteiger partial charge in [0.2, 0.25) is 5.91 Å². The maximum atomic E-state index is 13.7. The molecule has 0 fully saturated rings. The zero-order valence-electron chi connectivity index (χ0n) is 13.9. The van der Waals surface area contributed by atoms with Gasteiger partial charge in [0.15, 0.2) is 6.04 Å². The van der Waals surface area contributed by atoms with Crippen LogP contribution in [0, 0.1) is 0 Å². The van der Waals surface area contributed by atoms with Gasteiger partial charge in [0.05, 0.1) is 21.8 Å². The van der Waals surface area contributed by atoms with Crippen molar-refractivity contribution < 1.29 is 18.0 Å². The number of alkyl halides is 3. The lowest BCUT2D eigenvalue weighted by Crippen LogP contribution is -2.37. The predicted molar refractivity (Wildman–Crippen MR) is 95.4 cm³/mol. The summed E-state index contributed by atoms with van der Waals surface area (Å²) in [6.07, 6.45) is -3.44. The Morgan fingerprint density at radius 2 is 2.00 bits per heavy atom. The van der Waals surface area contributed by atoms with Crippen LogP contribution in [0.15, 0.2) is 47.4 Å². The van der Waals surface area contributed by atoms with E-state index in [1.807, 2.05) is 5.32 Å². The summed E-state index contributed by atoms with van der Waals surface area (Å²) < 4.78 is 41.1. The number of carbonyl (C=O) groups excluding carboxylic acids is 1. The molecule has 2 aromatic heterocycles. The van der Waals surface area contributed by atoms with Gasteiger partial charge < -0.3 is 10.3 Å². The van der Waals surface area contributed by atoms with Crippen LogP contribution in [0.3, 0.4) is 0 Å². The summed E-state index contributed by atoms with van der Waals surface area (Å²) in [6.45, 7) is 0.985. The first-order valence-electron chi connectivity index (χ1n) is 7.79. The highest BCUT2D eigenvalue weighted by molar-refractivity contribution is 6.35. The van der Waals surface area contributed by atoms with Gasteiger partial charge in [-0.2, -0.15) is 13.2 Å². The number of hydrogen-bond donors (Lipinski definition) is 2. The third-order valence-corrected chi connectivity index (χ3v) is 4.19. The van der Waals surface area contributed by atoms with Gasteiger partial charge in [-0.3, -0.25) is 9.59 Å². The minimum Gasteiger partial charge on any atom is -0.341 e. The minimum atomic E-state index is -4.80. The van der Waals surface area contributed by atoms with Gasteiger partial charge in [-0.25, -0.2) is 4.98 Å². The monoisotopic (exact) mass is 395 g/mol.